The summed E-state index contributed by atoms with van der Waals surface area (Å²) in [7, 11) is 0.298. The summed E-state index contributed by atoms with van der Waals surface area (Å²) in [5, 5.41) is 0. The van der Waals surface area contributed by atoms with Crippen molar-refractivity contribution in [3.63, 3.8) is 0 Å². The zero-order chi connectivity index (χ0) is 16.6. The zero-order valence-electron chi connectivity index (χ0n) is 15.8. The van der Waals surface area contributed by atoms with Crippen LogP contribution < -0.4 is 0 Å². The Bertz CT molecular complexity index is 282. The van der Waals surface area contributed by atoms with Crippen molar-refractivity contribution in [1.82, 2.24) is 8.67 Å². The fourth-order valence-electron chi connectivity index (χ4n) is 2.63. The SMILES string of the molecule is CC(C)(C)N(P=PN(C(C)(C)C)[Si](C)(C)C)[Si](C)(C)C. The van der Waals surface area contributed by atoms with E-state index in [4.69, 9.17) is 0 Å². The van der Waals surface area contributed by atoms with Gasteiger partial charge in [-0.1, -0.05) is 39.3 Å². The van der Waals surface area contributed by atoms with Gasteiger partial charge in [0.25, 0.3) is 0 Å². The van der Waals surface area contributed by atoms with Gasteiger partial charge in [0.05, 0.1) is 0 Å². The molecule has 0 atom stereocenters. The second kappa shape index (κ2) is 6.60. The lowest BCUT2D eigenvalue weighted by atomic mass is 10.1. The molecule has 0 aromatic heterocycles. The van der Waals surface area contributed by atoms with Gasteiger partial charge in [-0.15, -0.1) is 0 Å². The number of nitrogens with zero attached hydrogens (tertiary/aromatic N) is 2. The molecule has 0 saturated heterocycles. The van der Waals surface area contributed by atoms with E-state index in [9.17, 15) is 0 Å². The quantitative estimate of drug-likeness (QED) is 0.422. The van der Waals surface area contributed by atoms with Gasteiger partial charge in [-0.3, -0.25) is 8.67 Å². The first-order valence-corrected chi connectivity index (χ1v) is 16.8. The van der Waals surface area contributed by atoms with Crippen LogP contribution in [-0.2, 0) is 0 Å². The predicted octanol–water partition coefficient (Wildman–Crippen LogP) is 6.49. The highest BCUT2D eigenvalue weighted by Crippen LogP contribution is 2.41. The van der Waals surface area contributed by atoms with Crippen LogP contribution in [0.2, 0.25) is 39.3 Å². The molecule has 0 N–H and O–H groups in total. The largest absolute Gasteiger partial charge is 0.269 e. The van der Waals surface area contributed by atoms with Gasteiger partial charge >= 0.3 is 0 Å². The molecule has 0 aliphatic carbocycles. The van der Waals surface area contributed by atoms with Gasteiger partial charge < -0.3 is 0 Å². The van der Waals surface area contributed by atoms with Gasteiger partial charge in [0, 0.05) is 27.1 Å². The maximum Gasteiger partial charge on any atom is 0.130 e. The van der Waals surface area contributed by atoms with Gasteiger partial charge in [0.15, 0.2) is 0 Å². The van der Waals surface area contributed by atoms with E-state index in [-0.39, 0.29) is 11.1 Å². The number of hydrogen-bond donors (Lipinski definition) is 0. The number of rotatable bonds is 4. The molecular formula is C14H36N2P2Si2. The van der Waals surface area contributed by atoms with Gasteiger partial charge in [0.2, 0.25) is 0 Å². The van der Waals surface area contributed by atoms with Crippen LogP contribution in [-0.4, -0.2) is 36.2 Å². The Hall–Kier alpha value is 0.954. The third-order valence-electron chi connectivity index (χ3n) is 2.76. The maximum atomic E-state index is 2.74. The van der Waals surface area contributed by atoms with Crippen molar-refractivity contribution in [3.8, 4) is 0 Å². The molecule has 0 bridgehead atoms. The molecule has 0 fully saturated rings. The summed E-state index contributed by atoms with van der Waals surface area (Å²) >= 11 is 0. The standard InChI is InChI=1S/C14H36N2P2Si2/c1-13(2,3)15(19(7,8)9)17-18-16(14(4,5)6)20(10,11)12/h1-12H3. The summed E-state index contributed by atoms with van der Waals surface area (Å²) < 4.78 is 5.47. The lowest BCUT2D eigenvalue weighted by Gasteiger charge is -2.44. The van der Waals surface area contributed by atoms with E-state index in [0.717, 1.165) is 0 Å². The van der Waals surface area contributed by atoms with Crippen LogP contribution in [0.3, 0.4) is 0 Å². The summed E-state index contributed by atoms with van der Waals surface area (Å²) in [6.45, 7) is 28.8. The molecule has 120 valence electrons. The van der Waals surface area contributed by atoms with E-state index in [0.29, 0.717) is 0 Å². The molecule has 0 saturated carbocycles. The Balaban J connectivity index is 5.50. The van der Waals surface area contributed by atoms with Crippen LogP contribution >= 0.6 is 16.0 Å². The van der Waals surface area contributed by atoms with Crippen molar-refractivity contribution >= 4 is 32.5 Å². The molecule has 0 amide bonds. The van der Waals surface area contributed by atoms with E-state index in [2.05, 4.69) is 89.5 Å². The fourth-order valence-corrected chi connectivity index (χ4v) is 17.1. The Morgan fingerprint density at radius 3 is 0.850 bits per heavy atom. The molecule has 2 nitrogen and oxygen atoms in total. The monoisotopic (exact) mass is 350 g/mol. The van der Waals surface area contributed by atoms with Gasteiger partial charge in [-0.05, 0) is 41.5 Å². The van der Waals surface area contributed by atoms with Crippen LogP contribution in [0.1, 0.15) is 41.5 Å². The molecule has 0 spiro atoms. The Morgan fingerprint density at radius 2 is 0.750 bits per heavy atom. The van der Waals surface area contributed by atoms with E-state index in [1.807, 2.05) is 0 Å². The minimum atomic E-state index is -1.30. The van der Waals surface area contributed by atoms with Crippen molar-refractivity contribution in [3.05, 3.63) is 0 Å². The highest BCUT2D eigenvalue weighted by atomic mass is 31.7. The minimum Gasteiger partial charge on any atom is -0.269 e. The highest BCUT2D eigenvalue weighted by Gasteiger charge is 2.35. The van der Waals surface area contributed by atoms with Gasteiger partial charge in [-0.2, -0.15) is 0 Å². The van der Waals surface area contributed by atoms with E-state index in [1.54, 1.807) is 0 Å². The normalized spacial score (nSPS) is 15.7. The van der Waals surface area contributed by atoms with Crippen LogP contribution in [0, 0.1) is 0 Å². The van der Waals surface area contributed by atoms with E-state index >= 15 is 0 Å². The average molecular weight is 351 g/mol. The van der Waals surface area contributed by atoms with Gasteiger partial charge in [0.1, 0.15) is 16.5 Å². The van der Waals surface area contributed by atoms with Crippen molar-refractivity contribution in [2.24, 2.45) is 0 Å². The summed E-state index contributed by atoms with van der Waals surface area (Å²) in [6, 6.07) is 0. The third kappa shape index (κ3) is 6.81. The summed E-state index contributed by atoms with van der Waals surface area (Å²) in [4.78, 5) is 0. The number of hydrogen-bond acceptors (Lipinski definition) is 0. The van der Waals surface area contributed by atoms with E-state index in [1.165, 1.54) is 16.0 Å². The lowest BCUT2D eigenvalue weighted by molar-refractivity contribution is 0.373. The maximum absolute atomic E-state index is 2.74. The first-order chi connectivity index (χ1) is 8.47. The highest BCUT2D eigenvalue weighted by molar-refractivity contribution is 7.83. The molecule has 0 aromatic rings. The average Bonchev–Trinajstić information content (AvgIpc) is 2.02. The Labute approximate surface area is 133 Å². The molecule has 0 rings (SSSR count). The minimum absolute atomic E-state index is 0.252. The van der Waals surface area contributed by atoms with Gasteiger partial charge in [-0.25, -0.2) is 0 Å². The molecular weight excluding hydrogens is 314 g/mol. The van der Waals surface area contributed by atoms with Crippen molar-refractivity contribution in [1.29, 1.82) is 0 Å². The first-order valence-electron chi connectivity index (χ1n) is 7.49. The van der Waals surface area contributed by atoms with E-state index < -0.39 is 16.5 Å². The van der Waals surface area contributed by atoms with Crippen LogP contribution in [0.25, 0.3) is 0 Å². The fraction of sp³-hybridized carbons (Fsp3) is 1.00. The van der Waals surface area contributed by atoms with Crippen LogP contribution in [0.4, 0.5) is 0 Å². The molecule has 0 aromatic carbocycles. The lowest BCUT2D eigenvalue weighted by Crippen LogP contribution is -2.51. The molecule has 20 heavy (non-hydrogen) atoms. The summed E-state index contributed by atoms with van der Waals surface area (Å²) in [5.41, 5.74) is 0.504. The predicted molar refractivity (Wildman–Crippen MR) is 104 cm³/mol. The molecule has 0 aliphatic heterocycles. The molecule has 0 unspecified atom stereocenters. The van der Waals surface area contributed by atoms with Crippen molar-refractivity contribution in [2.75, 3.05) is 0 Å². The molecule has 0 radical (unpaired) electrons. The summed E-state index contributed by atoms with van der Waals surface area (Å²) in [6.07, 6.45) is 0. The Kier molecular flexibility index (Phi) is 6.92. The molecule has 6 heteroatoms. The van der Waals surface area contributed by atoms with Crippen molar-refractivity contribution < 1.29 is 0 Å². The summed E-state index contributed by atoms with van der Waals surface area (Å²) in [5.74, 6) is 0. The van der Waals surface area contributed by atoms with Crippen molar-refractivity contribution in [2.45, 2.75) is 91.9 Å². The zero-order valence-corrected chi connectivity index (χ0v) is 19.6. The smallest absolute Gasteiger partial charge is 0.130 e. The van der Waals surface area contributed by atoms with Crippen LogP contribution in [0.15, 0.2) is 0 Å². The third-order valence-corrected chi connectivity index (χ3v) is 14.8. The second-order valence-electron chi connectivity index (χ2n) is 9.49. The molecule has 0 aliphatic rings. The Morgan fingerprint density at radius 1 is 0.550 bits per heavy atom. The first kappa shape index (κ1) is 21.0. The second-order valence-corrected chi connectivity index (χ2v) is 22.0. The van der Waals surface area contributed by atoms with Crippen LogP contribution in [0.5, 0.6) is 0 Å². The molecule has 0 heterocycles. The topological polar surface area (TPSA) is 6.48 Å².